The predicted molar refractivity (Wildman–Crippen MR) is 79.9 cm³/mol. The fourth-order valence-electron chi connectivity index (χ4n) is 2.36. The average Bonchev–Trinajstić information content (AvgIpc) is 2.47. The Hall–Kier alpha value is -1.88. The van der Waals surface area contributed by atoms with Crippen LogP contribution in [0.2, 0.25) is 0 Å². The van der Waals surface area contributed by atoms with Gasteiger partial charge >= 0.3 is 5.97 Å². The molecule has 0 aliphatic rings. The summed E-state index contributed by atoms with van der Waals surface area (Å²) in [6, 6.07) is 9.15. The summed E-state index contributed by atoms with van der Waals surface area (Å²) in [6.45, 7) is 3.74. The molecule has 0 spiro atoms. The molecule has 1 aromatic rings. The molecular weight excluding hydrogens is 270 g/mol. The summed E-state index contributed by atoms with van der Waals surface area (Å²) in [5.41, 5.74) is 0.00279. The molecule has 1 rings (SSSR count). The van der Waals surface area contributed by atoms with Gasteiger partial charge in [-0.15, -0.1) is 0 Å². The normalized spacial score (nSPS) is 12.7. The molecule has 0 bridgehead atoms. The fourth-order valence-corrected chi connectivity index (χ4v) is 2.36. The molecule has 0 radical (unpaired) electrons. The van der Waals surface area contributed by atoms with E-state index in [0.717, 1.165) is 5.56 Å². The van der Waals surface area contributed by atoms with Crippen LogP contribution >= 0.6 is 0 Å². The zero-order valence-corrected chi connectivity index (χ0v) is 12.8. The summed E-state index contributed by atoms with van der Waals surface area (Å²) in [6.07, 6.45) is 0.258. The minimum absolute atomic E-state index is 0.100. The smallest absolute Gasteiger partial charge is 0.305 e. The van der Waals surface area contributed by atoms with Crippen LogP contribution in [-0.4, -0.2) is 29.6 Å². The van der Waals surface area contributed by atoms with Crippen LogP contribution in [0, 0.1) is 0 Å². The summed E-state index contributed by atoms with van der Waals surface area (Å²) in [7, 11) is 1.47. The molecule has 1 atom stereocenters. The van der Waals surface area contributed by atoms with E-state index >= 15 is 0 Å². The first kappa shape index (κ1) is 17.2. The van der Waals surface area contributed by atoms with E-state index in [9.17, 15) is 9.59 Å². The van der Waals surface area contributed by atoms with E-state index in [0.29, 0.717) is 12.8 Å². The Morgan fingerprint density at radius 1 is 1.24 bits per heavy atom. The van der Waals surface area contributed by atoms with Gasteiger partial charge in [-0.1, -0.05) is 44.2 Å². The summed E-state index contributed by atoms with van der Waals surface area (Å²) in [5, 5.41) is 11.9. The average molecular weight is 293 g/mol. The second-order valence-electron chi connectivity index (χ2n) is 5.07. The third-order valence-electron chi connectivity index (χ3n) is 3.81. The van der Waals surface area contributed by atoms with Crippen LogP contribution in [0.25, 0.3) is 0 Å². The van der Waals surface area contributed by atoms with Gasteiger partial charge in [0.15, 0.2) is 6.10 Å². The maximum Gasteiger partial charge on any atom is 0.305 e. The van der Waals surface area contributed by atoms with E-state index in [2.05, 4.69) is 5.32 Å². The van der Waals surface area contributed by atoms with Gasteiger partial charge < -0.3 is 15.2 Å². The Morgan fingerprint density at radius 2 is 1.81 bits per heavy atom. The maximum absolute atomic E-state index is 12.5. The number of carbonyl (C=O) groups excluding carboxylic acids is 1. The monoisotopic (exact) mass is 293 g/mol. The van der Waals surface area contributed by atoms with Crippen molar-refractivity contribution in [2.24, 2.45) is 0 Å². The predicted octanol–water partition coefficient (Wildman–Crippen LogP) is 2.52. The highest BCUT2D eigenvalue weighted by atomic mass is 16.5. The summed E-state index contributed by atoms with van der Waals surface area (Å²) < 4.78 is 5.28. The summed E-state index contributed by atoms with van der Waals surface area (Å²) in [4.78, 5) is 23.5. The van der Waals surface area contributed by atoms with Gasteiger partial charge in [0.2, 0.25) is 0 Å². The SMILES string of the molecule is CCC(CC)(CC(=O)O)NC(=O)C(OC)c1ccccc1. The van der Waals surface area contributed by atoms with Crippen molar-refractivity contribution in [3.63, 3.8) is 0 Å². The lowest BCUT2D eigenvalue weighted by Gasteiger charge is -2.33. The molecule has 1 aromatic carbocycles. The molecule has 5 nitrogen and oxygen atoms in total. The summed E-state index contributed by atoms with van der Waals surface area (Å²) in [5.74, 6) is -1.23. The number of ether oxygens (including phenoxy) is 1. The van der Waals surface area contributed by atoms with Crippen molar-refractivity contribution < 1.29 is 19.4 Å². The minimum Gasteiger partial charge on any atom is -0.481 e. The van der Waals surface area contributed by atoms with E-state index in [-0.39, 0.29) is 12.3 Å². The van der Waals surface area contributed by atoms with Crippen molar-refractivity contribution in [2.75, 3.05) is 7.11 Å². The van der Waals surface area contributed by atoms with E-state index < -0.39 is 17.6 Å². The maximum atomic E-state index is 12.5. The van der Waals surface area contributed by atoms with Gasteiger partial charge in [0.05, 0.1) is 12.0 Å². The van der Waals surface area contributed by atoms with E-state index in [1.54, 1.807) is 0 Å². The topological polar surface area (TPSA) is 75.6 Å². The number of methoxy groups -OCH3 is 1. The number of nitrogens with one attached hydrogen (secondary N) is 1. The van der Waals surface area contributed by atoms with Crippen molar-refractivity contribution in [3.8, 4) is 0 Å². The number of hydrogen-bond donors (Lipinski definition) is 2. The number of carboxylic acids is 1. The lowest BCUT2D eigenvalue weighted by Crippen LogP contribution is -2.50. The quantitative estimate of drug-likeness (QED) is 0.772. The van der Waals surface area contributed by atoms with E-state index in [1.165, 1.54) is 7.11 Å². The fraction of sp³-hybridized carbons (Fsp3) is 0.500. The number of rotatable bonds is 8. The van der Waals surface area contributed by atoms with Gasteiger partial charge in [0, 0.05) is 7.11 Å². The lowest BCUT2D eigenvalue weighted by atomic mass is 9.88. The Bertz CT molecular complexity index is 468. The zero-order valence-electron chi connectivity index (χ0n) is 12.8. The standard InChI is InChI=1S/C16H23NO4/c1-4-16(5-2,11-13(18)19)17-15(20)14(21-3)12-9-7-6-8-10-12/h6-10,14H,4-5,11H2,1-3H3,(H,17,20)(H,18,19). The molecule has 0 heterocycles. The molecule has 0 saturated carbocycles. The first-order valence-corrected chi connectivity index (χ1v) is 7.09. The van der Waals surface area contributed by atoms with Gasteiger partial charge in [-0.2, -0.15) is 0 Å². The third-order valence-corrected chi connectivity index (χ3v) is 3.81. The Labute approximate surface area is 125 Å². The lowest BCUT2D eigenvalue weighted by molar-refractivity contribution is -0.140. The van der Waals surface area contributed by atoms with Gasteiger partial charge in [-0.05, 0) is 18.4 Å². The summed E-state index contributed by atoms with van der Waals surface area (Å²) >= 11 is 0. The second kappa shape index (κ2) is 7.78. The van der Waals surface area contributed by atoms with Crippen LogP contribution in [0.4, 0.5) is 0 Å². The van der Waals surface area contributed by atoms with Crippen molar-refractivity contribution in [1.82, 2.24) is 5.32 Å². The molecule has 0 aromatic heterocycles. The number of amides is 1. The van der Waals surface area contributed by atoms with Crippen molar-refractivity contribution in [3.05, 3.63) is 35.9 Å². The van der Waals surface area contributed by atoms with Crippen LogP contribution in [0.15, 0.2) is 30.3 Å². The Kier molecular flexibility index (Phi) is 6.37. The van der Waals surface area contributed by atoms with Gasteiger partial charge in [-0.25, -0.2) is 0 Å². The number of carbonyl (C=O) groups is 2. The van der Waals surface area contributed by atoms with Gasteiger partial charge in [0.25, 0.3) is 5.91 Å². The highest BCUT2D eigenvalue weighted by molar-refractivity contribution is 5.83. The third kappa shape index (κ3) is 4.56. The second-order valence-corrected chi connectivity index (χ2v) is 5.07. The number of hydrogen-bond acceptors (Lipinski definition) is 3. The molecule has 0 aliphatic heterocycles. The minimum atomic E-state index is -0.923. The van der Waals surface area contributed by atoms with Crippen LogP contribution < -0.4 is 5.32 Å². The molecule has 0 fully saturated rings. The van der Waals surface area contributed by atoms with Crippen LogP contribution in [0.5, 0.6) is 0 Å². The Morgan fingerprint density at radius 3 is 2.24 bits per heavy atom. The number of aliphatic carboxylic acids is 1. The first-order valence-electron chi connectivity index (χ1n) is 7.09. The molecule has 0 saturated heterocycles. The van der Waals surface area contributed by atoms with E-state index in [4.69, 9.17) is 9.84 Å². The van der Waals surface area contributed by atoms with Crippen molar-refractivity contribution in [1.29, 1.82) is 0 Å². The first-order chi connectivity index (χ1) is 9.98. The largest absolute Gasteiger partial charge is 0.481 e. The molecule has 5 heteroatoms. The molecule has 1 unspecified atom stereocenters. The zero-order chi connectivity index (χ0) is 15.9. The van der Waals surface area contributed by atoms with Crippen LogP contribution in [0.3, 0.4) is 0 Å². The van der Waals surface area contributed by atoms with E-state index in [1.807, 2.05) is 44.2 Å². The molecule has 2 N–H and O–H groups in total. The highest BCUT2D eigenvalue weighted by Crippen LogP contribution is 2.23. The van der Waals surface area contributed by atoms with Crippen LogP contribution in [0.1, 0.15) is 44.8 Å². The van der Waals surface area contributed by atoms with Gasteiger partial charge in [0.1, 0.15) is 0 Å². The van der Waals surface area contributed by atoms with Crippen LogP contribution in [-0.2, 0) is 14.3 Å². The van der Waals surface area contributed by atoms with Crippen molar-refractivity contribution >= 4 is 11.9 Å². The highest BCUT2D eigenvalue weighted by Gasteiger charge is 2.33. The number of benzene rings is 1. The number of carboxylic acid groups (broad SMARTS) is 1. The molecule has 116 valence electrons. The molecular formula is C16H23NO4. The molecule has 1 amide bonds. The van der Waals surface area contributed by atoms with Gasteiger partial charge in [-0.3, -0.25) is 9.59 Å². The van der Waals surface area contributed by atoms with Crippen molar-refractivity contribution in [2.45, 2.75) is 44.8 Å². The Balaban J connectivity index is 2.92. The molecule has 21 heavy (non-hydrogen) atoms. The molecule has 0 aliphatic carbocycles.